The second-order valence-corrected chi connectivity index (χ2v) is 7.83. The Balaban J connectivity index is 1.69. The Morgan fingerprint density at radius 2 is 2.26 bits per heavy atom. The highest BCUT2D eigenvalue weighted by Crippen LogP contribution is 2.32. The van der Waals surface area contributed by atoms with E-state index < -0.39 is 0 Å². The number of hydrogen-bond donors (Lipinski definition) is 1. The normalized spacial score (nSPS) is 27.8. The van der Waals surface area contributed by atoms with Gasteiger partial charge >= 0.3 is 0 Å². The van der Waals surface area contributed by atoms with Crippen molar-refractivity contribution in [1.29, 1.82) is 0 Å². The van der Waals surface area contributed by atoms with Crippen LogP contribution in [0.3, 0.4) is 0 Å². The molecular weight excluding hydrogens is 358 g/mol. The Morgan fingerprint density at radius 1 is 1.48 bits per heavy atom. The van der Waals surface area contributed by atoms with E-state index >= 15 is 0 Å². The van der Waals surface area contributed by atoms with E-state index in [9.17, 15) is 9.59 Å². The van der Waals surface area contributed by atoms with Gasteiger partial charge in [0.15, 0.2) is 0 Å². The van der Waals surface area contributed by atoms with Gasteiger partial charge in [-0.15, -0.1) is 0 Å². The molecule has 5 nitrogen and oxygen atoms in total. The average Bonchev–Trinajstić information content (AvgIpc) is 3.11. The van der Waals surface area contributed by atoms with E-state index in [0.29, 0.717) is 26.1 Å². The van der Waals surface area contributed by atoms with Gasteiger partial charge in [0.1, 0.15) is 0 Å². The van der Waals surface area contributed by atoms with Crippen LogP contribution in [0, 0.1) is 11.3 Å². The standard InChI is InChI=1S/C17H22BrN3O2/c1-17(10-19)5-6-20(11-17)16(23)12-7-15(22)21(9-12)14-4-2-3-13(18)8-14/h2-4,8,12H,5-7,9-11,19H2,1H3. The maximum atomic E-state index is 12.7. The van der Waals surface area contributed by atoms with Crippen molar-refractivity contribution >= 4 is 33.4 Å². The zero-order valence-electron chi connectivity index (χ0n) is 13.3. The molecule has 2 heterocycles. The van der Waals surface area contributed by atoms with E-state index in [1.54, 1.807) is 4.90 Å². The van der Waals surface area contributed by atoms with Crippen LogP contribution in [0.1, 0.15) is 19.8 Å². The van der Waals surface area contributed by atoms with Crippen molar-refractivity contribution in [1.82, 2.24) is 4.90 Å². The summed E-state index contributed by atoms with van der Waals surface area (Å²) >= 11 is 3.42. The lowest BCUT2D eigenvalue weighted by Gasteiger charge is -2.24. The number of benzene rings is 1. The van der Waals surface area contributed by atoms with Gasteiger partial charge in [0.2, 0.25) is 11.8 Å². The Morgan fingerprint density at radius 3 is 2.91 bits per heavy atom. The predicted octanol–water partition coefficient (Wildman–Crippen LogP) is 2.00. The van der Waals surface area contributed by atoms with Crippen molar-refractivity contribution in [3.8, 4) is 0 Å². The molecular formula is C17H22BrN3O2. The number of carbonyl (C=O) groups is 2. The maximum Gasteiger partial charge on any atom is 0.228 e. The van der Waals surface area contributed by atoms with Crippen LogP contribution in [0.15, 0.2) is 28.7 Å². The Hall–Kier alpha value is -1.40. The van der Waals surface area contributed by atoms with Crippen LogP contribution in [0.25, 0.3) is 0 Å². The minimum atomic E-state index is -0.249. The first kappa shape index (κ1) is 16.5. The fraction of sp³-hybridized carbons (Fsp3) is 0.529. The van der Waals surface area contributed by atoms with E-state index in [0.717, 1.165) is 23.1 Å². The van der Waals surface area contributed by atoms with E-state index in [1.165, 1.54) is 0 Å². The zero-order valence-corrected chi connectivity index (χ0v) is 14.9. The molecule has 2 aliphatic rings. The van der Waals surface area contributed by atoms with Crippen LogP contribution >= 0.6 is 15.9 Å². The smallest absolute Gasteiger partial charge is 0.228 e. The molecule has 2 N–H and O–H groups in total. The minimum Gasteiger partial charge on any atom is -0.342 e. The van der Waals surface area contributed by atoms with Gasteiger partial charge in [-0.05, 0) is 36.6 Å². The topological polar surface area (TPSA) is 66.6 Å². The number of nitrogens with two attached hydrogens (primary N) is 1. The van der Waals surface area contributed by atoms with Gasteiger partial charge in [-0.2, -0.15) is 0 Å². The first-order valence-electron chi connectivity index (χ1n) is 7.97. The van der Waals surface area contributed by atoms with Gasteiger partial charge in [-0.1, -0.05) is 28.9 Å². The molecule has 0 aromatic heterocycles. The number of halogens is 1. The number of amides is 2. The molecule has 0 aliphatic carbocycles. The predicted molar refractivity (Wildman–Crippen MR) is 93.0 cm³/mol. The van der Waals surface area contributed by atoms with Crippen molar-refractivity contribution in [3.05, 3.63) is 28.7 Å². The summed E-state index contributed by atoms with van der Waals surface area (Å²) in [7, 11) is 0. The molecule has 0 radical (unpaired) electrons. The number of hydrogen-bond acceptors (Lipinski definition) is 3. The first-order valence-corrected chi connectivity index (χ1v) is 8.76. The van der Waals surface area contributed by atoms with Gasteiger partial charge in [0, 0.05) is 36.2 Å². The molecule has 1 aromatic rings. The fourth-order valence-corrected chi connectivity index (χ4v) is 3.79. The SMILES string of the molecule is CC1(CN)CCN(C(=O)C2CC(=O)N(c3cccc(Br)c3)C2)C1. The third kappa shape index (κ3) is 3.28. The molecule has 6 heteroatoms. The first-order chi connectivity index (χ1) is 10.9. The van der Waals surface area contributed by atoms with E-state index in [2.05, 4.69) is 22.9 Å². The molecule has 0 saturated carbocycles. The summed E-state index contributed by atoms with van der Waals surface area (Å²) in [6.07, 6.45) is 1.23. The second kappa shape index (κ2) is 6.24. The quantitative estimate of drug-likeness (QED) is 0.872. The summed E-state index contributed by atoms with van der Waals surface area (Å²) in [6, 6.07) is 7.63. The summed E-state index contributed by atoms with van der Waals surface area (Å²) in [5.41, 5.74) is 6.67. The highest BCUT2D eigenvalue weighted by Gasteiger charge is 2.41. The number of likely N-dealkylation sites (tertiary alicyclic amines) is 1. The molecule has 3 rings (SSSR count). The summed E-state index contributed by atoms with van der Waals surface area (Å²) in [5, 5.41) is 0. The van der Waals surface area contributed by atoms with Gasteiger partial charge < -0.3 is 15.5 Å². The molecule has 0 bridgehead atoms. The fourth-order valence-electron chi connectivity index (χ4n) is 3.40. The number of anilines is 1. The maximum absolute atomic E-state index is 12.7. The van der Waals surface area contributed by atoms with Crippen molar-refractivity contribution in [2.24, 2.45) is 17.1 Å². The Kier molecular flexibility index (Phi) is 4.47. The average molecular weight is 380 g/mol. The van der Waals surface area contributed by atoms with Gasteiger partial charge in [-0.25, -0.2) is 0 Å². The van der Waals surface area contributed by atoms with Crippen molar-refractivity contribution in [3.63, 3.8) is 0 Å². The van der Waals surface area contributed by atoms with Crippen molar-refractivity contribution < 1.29 is 9.59 Å². The van der Waals surface area contributed by atoms with Crippen LogP contribution in [0.5, 0.6) is 0 Å². The zero-order chi connectivity index (χ0) is 16.6. The molecule has 23 heavy (non-hydrogen) atoms. The van der Waals surface area contributed by atoms with E-state index in [4.69, 9.17) is 5.73 Å². The lowest BCUT2D eigenvalue weighted by atomic mass is 9.90. The van der Waals surface area contributed by atoms with Gasteiger partial charge in [0.25, 0.3) is 0 Å². The molecule has 2 fully saturated rings. The second-order valence-electron chi connectivity index (χ2n) is 6.91. The Bertz CT molecular complexity index is 636. The van der Waals surface area contributed by atoms with E-state index in [1.807, 2.05) is 29.2 Å². The molecule has 1 aromatic carbocycles. The summed E-state index contributed by atoms with van der Waals surface area (Å²) < 4.78 is 0.927. The summed E-state index contributed by atoms with van der Waals surface area (Å²) in [6.45, 7) is 4.61. The molecule has 2 saturated heterocycles. The van der Waals surface area contributed by atoms with E-state index in [-0.39, 0.29) is 23.1 Å². The van der Waals surface area contributed by atoms with Crippen LogP contribution in [0.2, 0.25) is 0 Å². The summed E-state index contributed by atoms with van der Waals surface area (Å²) in [5.74, 6) is -0.142. The molecule has 2 unspecified atom stereocenters. The number of nitrogens with zero attached hydrogens (tertiary/aromatic N) is 2. The largest absolute Gasteiger partial charge is 0.342 e. The van der Waals surface area contributed by atoms with Crippen LogP contribution in [0.4, 0.5) is 5.69 Å². The van der Waals surface area contributed by atoms with Gasteiger partial charge in [-0.3, -0.25) is 9.59 Å². The summed E-state index contributed by atoms with van der Waals surface area (Å²) in [4.78, 5) is 28.7. The Labute approximate surface area is 144 Å². The molecule has 2 atom stereocenters. The van der Waals surface area contributed by atoms with Crippen LogP contribution in [-0.4, -0.2) is 42.9 Å². The highest BCUT2D eigenvalue weighted by molar-refractivity contribution is 9.10. The van der Waals surface area contributed by atoms with Crippen molar-refractivity contribution in [2.45, 2.75) is 19.8 Å². The third-order valence-electron chi connectivity index (χ3n) is 4.96. The molecule has 0 spiro atoms. The van der Waals surface area contributed by atoms with Crippen molar-refractivity contribution in [2.75, 3.05) is 31.1 Å². The number of rotatable bonds is 3. The third-order valence-corrected chi connectivity index (χ3v) is 5.45. The number of carbonyl (C=O) groups excluding carboxylic acids is 2. The lowest BCUT2D eigenvalue weighted by molar-refractivity contribution is -0.135. The highest BCUT2D eigenvalue weighted by atomic mass is 79.9. The van der Waals surface area contributed by atoms with Crippen LogP contribution in [-0.2, 0) is 9.59 Å². The molecule has 2 amide bonds. The van der Waals surface area contributed by atoms with Crippen LogP contribution < -0.4 is 10.6 Å². The minimum absolute atomic E-state index is 0.0160. The van der Waals surface area contributed by atoms with Gasteiger partial charge in [0.05, 0.1) is 5.92 Å². The molecule has 124 valence electrons. The lowest BCUT2D eigenvalue weighted by Crippen LogP contribution is -2.38. The monoisotopic (exact) mass is 379 g/mol. The molecule has 2 aliphatic heterocycles.